The first-order valence-electron chi connectivity index (χ1n) is 6.46. The van der Waals surface area contributed by atoms with Crippen LogP contribution in [0.3, 0.4) is 0 Å². The molecule has 1 aliphatic carbocycles. The third kappa shape index (κ3) is 2.54. The van der Waals surface area contributed by atoms with Crippen molar-refractivity contribution in [3.05, 3.63) is 29.8 Å². The van der Waals surface area contributed by atoms with Crippen molar-refractivity contribution in [1.82, 2.24) is 5.32 Å². The van der Waals surface area contributed by atoms with Crippen molar-refractivity contribution in [2.24, 2.45) is 5.92 Å². The van der Waals surface area contributed by atoms with Gasteiger partial charge in [-0.3, -0.25) is 4.79 Å². The minimum atomic E-state index is -0.683. The van der Waals surface area contributed by atoms with E-state index in [0.29, 0.717) is 13.0 Å². The van der Waals surface area contributed by atoms with E-state index in [2.05, 4.69) is 23.5 Å². The van der Waals surface area contributed by atoms with Crippen LogP contribution in [-0.2, 0) is 4.79 Å². The van der Waals surface area contributed by atoms with Gasteiger partial charge in [0.05, 0.1) is 5.92 Å². The minimum absolute atomic E-state index is 0.202. The molecule has 1 saturated carbocycles. The molecule has 4 heteroatoms. The Morgan fingerprint density at radius 1 is 1.33 bits per heavy atom. The summed E-state index contributed by atoms with van der Waals surface area (Å²) in [4.78, 5) is 12.3. The maximum absolute atomic E-state index is 11.0. The molecule has 0 spiro atoms. The van der Waals surface area contributed by atoms with Crippen LogP contribution in [0.2, 0.25) is 0 Å². The van der Waals surface area contributed by atoms with Crippen LogP contribution in [0.4, 0.5) is 0 Å². The zero-order valence-corrected chi connectivity index (χ0v) is 11.0. The van der Waals surface area contributed by atoms with Crippen LogP contribution in [-0.4, -0.2) is 22.9 Å². The van der Waals surface area contributed by atoms with E-state index < -0.39 is 5.97 Å². The van der Waals surface area contributed by atoms with Gasteiger partial charge >= 0.3 is 5.97 Å². The minimum Gasteiger partial charge on any atom is -0.481 e. The Morgan fingerprint density at radius 3 is 2.78 bits per heavy atom. The maximum atomic E-state index is 11.0. The zero-order chi connectivity index (χ0) is 12.5. The highest BCUT2D eigenvalue weighted by molar-refractivity contribution is 8.00. The van der Waals surface area contributed by atoms with Crippen LogP contribution in [0.15, 0.2) is 29.2 Å². The number of thioether (sulfide) groups is 1. The van der Waals surface area contributed by atoms with E-state index in [1.807, 2.05) is 17.8 Å². The average Bonchev–Trinajstić information content (AvgIpc) is 3.04. The van der Waals surface area contributed by atoms with Crippen LogP contribution < -0.4 is 5.32 Å². The van der Waals surface area contributed by atoms with Crippen molar-refractivity contribution in [1.29, 1.82) is 0 Å². The normalized spacial score (nSPS) is 27.3. The second kappa shape index (κ2) is 4.94. The molecule has 2 fully saturated rings. The van der Waals surface area contributed by atoms with Crippen LogP contribution in [0, 0.1) is 5.92 Å². The van der Waals surface area contributed by atoms with Gasteiger partial charge in [0.1, 0.15) is 0 Å². The summed E-state index contributed by atoms with van der Waals surface area (Å²) >= 11 is 1.95. The molecule has 18 heavy (non-hydrogen) atoms. The first kappa shape index (κ1) is 12.1. The fourth-order valence-electron chi connectivity index (χ4n) is 2.40. The number of carboxylic acid groups (broad SMARTS) is 1. The number of carboxylic acids is 1. The molecule has 0 aromatic heterocycles. The van der Waals surface area contributed by atoms with Crippen LogP contribution >= 0.6 is 11.8 Å². The Bertz CT molecular complexity index is 459. The van der Waals surface area contributed by atoms with Crippen molar-refractivity contribution in [3.8, 4) is 0 Å². The van der Waals surface area contributed by atoms with Crippen LogP contribution in [0.1, 0.15) is 30.9 Å². The summed E-state index contributed by atoms with van der Waals surface area (Å²) in [6, 6.07) is 8.61. The van der Waals surface area contributed by atoms with Gasteiger partial charge in [-0.2, -0.15) is 0 Å². The summed E-state index contributed by atoms with van der Waals surface area (Å²) < 4.78 is 0. The van der Waals surface area contributed by atoms with Gasteiger partial charge < -0.3 is 10.4 Å². The van der Waals surface area contributed by atoms with Gasteiger partial charge in [0.15, 0.2) is 0 Å². The van der Waals surface area contributed by atoms with Crippen molar-refractivity contribution in [2.45, 2.75) is 35.4 Å². The molecule has 1 aromatic carbocycles. The highest BCUT2D eigenvalue weighted by Crippen LogP contribution is 2.42. The molecule has 3 nitrogen and oxygen atoms in total. The largest absolute Gasteiger partial charge is 0.481 e. The Hall–Kier alpha value is -1.00. The molecule has 2 unspecified atom stereocenters. The number of nitrogens with one attached hydrogen (secondary N) is 1. The molecule has 1 aromatic rings. The van der Waals surface area contributed by atoms with Crippen molar-refractivity contribution < 1.29 is 9.90 Å². The molecule has 0 radical (unpaired) electrons. The molecule has 2 aliphatic rings. The second-order valence-corrected chi connectivity index (χ2v) is 6.43. The number of hydrogen-bond donors (Lipinski definition) is 2. The number of rotatable bonds is 4. The zero-order valence-electron chi connectivity index (χ0n) is 10.1. The number of aliphatic carboxylic acids is 1. The standard InChI is InChI=1S/C14H17NO2S/c16-14(17)9-7-12(15-8-9)11-3-1-2-4-13(11)18-10-5-6-10/h1-4,9-10,12,15H,5-8H2,(H,16,17). The summed E-state index contributed by atoms with van der Waals surface area (Å²) in [6.07, 6.45) is 3.33. The molecule has 2 N–H and O–H groups in total. The van der Waals surface area contributed by atoms with Gasteiger partial charge in [0, 0.05) is 22.7 Å². The van der Waals surface area contributed by atoms with Crippen LogP contribution in [0.25, 0.3) is 0 Å². The Morgan fingerprint density at radius 2 is 2.11 bits per heavy atom. The van der Waals surface area contributed by atoms with Crippen molar-refractivity contribution in [3.63, 3.8) is 0 Å². The van der Waals surface area contributed by atoms with E-state index in [0.717, 1.165) is 5.25 Å². The lowest BCUT2D eigenvalue weighted by Crippen LogP contribution is -2.17. The van der Waals surface area contributed by atoms with Gasteiger partial charge in [-0.25, -0.2) is 0 Å². The summed E-state index contributed by atoms with van der Waals surface area (Å²) in [6.45, 7) is 0.586. The molecule has 0 bridgehead atoms. The highest BCUT2D eigenvalue weighted by Gasteiger charge is 2.32. The average molecular weight is 263 g/mol. The quantitative estimate of drug-likeness (QED) is 0.877. The van der Waals surface area contributed by atoms with Crippen LogP contribution in [0.5, 0.6) is 0 Å². The molecule has 3 rings (SSSR count). The number of hydrogen-bond acceptors (Lipinski definition) is 3. The van der Waals surface area contributed by atoms with E-state index in [1.165, 1.54) is 23.3 Å². The van der Waals surface area contributed by atoms with E-state index in [1.54, 1.807) is 0 Å². The molecule has 0 amide bonds. The summed E-state index contributed by atoms with van der Waals surface area (Å²) in [5, 5.41) is 13.2. The molecule has 2 atom stereocenters. The maximum Gasteiger partial charge on any atom is 0.307 e. The lowest BCUT2D eigenvalue weighted by Gasteiger charge is -2.15. The Labute approximate surface area is 111 Å². The monoisotopic (exact) mass is 263 g/mol. The molecule has 1 saturated heterocycles. The molecule has 1 heterocycles. The fraction of sp³-hybridized carbons (Fsp3) is 0.500. The Balaban J connectivity index is 1.77. The van der Waals surface area contributed by atoms with Gasteiger partial charge in [-0.15, -0.1) is 11.8 Å². The predicted molar refractivity (Wildman–Crippen MR) is 71.8 cm³/mol. The van der Waals surface area contributed by atoms with Gasteiger partial charge in [-0.05, 0) is 30.9 Å². The van der Waals surface area contributed by atoms with E-state index >= 15 is 0 Å². The van der Waals surface area contributed by atoms with Gasteiger partial charge in [0.2, 0.25) is 0 Å². The first-order chi connectivity index (χ1) is 8.74. The molecule has 1 aliphatic heterocycles. The lowest BCUT2D eigenvalue weighted by molar-refractivity contribution is -0.141. The van der Waals surface area contributed by atoms with Gasteiger partial charge in [0.25, 0.3) is 0 Å². The summed E-state index contributed by atoms with van der Waals surface area (Å²) in [5.41, 5.74) is 1.28. The Kier molecular flexibility index (Phi) is 3.31. The smallest absolute Gasteiger partial charge is 0.307 e. The van der Waals surface area contributed by atoms with E-state index in [9.17, 15) is 4.79 Å². The van der Waals surface area contributed by atoms with Crippen molar-refractivity contribution in [2.75, 3.05) is 6.54 Å². The second-order valence-electron chi connectivity index (χ2n) is 5.09. The molecular formula is C14H17NO2S. The fourth-order valence-corrected chi connectivity index (χ4v) is 3.64. The SMILES string of the molecule is O=C(O)C1CNC(c2ccccc2SC2CC2)C1. The summed E-state index contributed by atoms with van der Waals surface area (Å²) in [7, 11) is 0. The number of benzene rings is 1. The lowest BCUT2D eigenvalue weighted by atomic mass is 10.0. The third-order valence-electron chi connectivity index (χ3n) is 3.59. The first-order valence-corrected chi connectivity index (χ1v) is 7.34. The third-order valence-corrected chi connectivity index (χ3v) is 5.02. The highest BCUT2D eigenvalue weighted by atomic mass is 32.2. The molecule has 96 valence electrons. The predicted octanol–water partition coefficient (Wildman–Crippen LogP) is 2.68. The van der Waals surface area contributed by atoms with Crippen molar-refractivity contribution >= 4 is 17.7 Å². The van der Waals surface area contributed by atoms with E-state index in [-0.39, 0.29) is 12.0 Å². The summed E-state index contributed by atoms with van der Waals surface area (Å²) in [5.74, 6) is -0.925. The molecular weight excluding hydrogens is 246 g/mol. The number of carbonyl (C=O) groups is 1. The topological polar surface area (TPSA) is 49.3 Å². The van der Waals surface area contributed by atoms with E-state index in [4.69, 9.17) is 5.11 Å². The van der Waals surface area contributed by atoms with Gasteiger partial charge in [-0.1, -0.05) is 18.2 Å².